The maximum atomic E-state index is 5.92. The minimum absolute atomic E-state index is 0.503. The van der Waals surface area contributed by atoms with E-state index in [0.717, 1.165) is 22.2 Å². The van der Waals surface area contributed by atoms with E-state index in [-0.39, 0.29) is 0 Å². The van der Waals surface area contributed by atoms with Gasteiger partial charge in [-0.15, -0.1) is 11.6 Å². The van der Waals surface area contributed by atoms with Crippen LogP contribution in [0, 0.1) is 0 Å². The topological polar surface area (TPSA) is 26.0 Å². The molecule has 0 unspecified atom stereocenters. The lowest BCUT2D eigenvalue weighted by molar-refractivity contribution is 0.620. The second-order valence-corrected chi connectivity index (χ2v) is 4.67. The van der Waals surface area contributed by atoms with Crippen molar-refractivity contribution in [1.29, 1.82) is 0 Å². The van der Waals surface area contributed by atoms with Gasteiger partial charge in [-0.3, -0.25) is 0 Å². The molecule has 1 heterocycles. The molecular formula is C14H9Cl2NO. The average molecular weight is 278 g/mol. The third kappa shape index (κ3) is 2.09. The van der Waals surface area contributed by atoms with Crippen LogP contribution in [0.5, 0.6) is 0 Å². The lowest BCUT2D eigenvalue weighted by Gasteiger charge is -1.96. The highest BCUT2D eigenvalue weighted by Crippen LogP contribution is 2.26. The number of hydrogen-bond donors (Lipinski definition) is 0. The van der Waals surface area contributed by atoms with Crippen molar-refractivity contribution in [2.75, 3.05) is 0 Å². The summed E-state index contributed by atoms with van der Waals surface area (Å²) in [6.07, 6.45) is 0. The molecule has 0 fully saturated rings. The van der Waals surface area contributed by atoms with Gasteiger partial charge in [0.05, 0.1) is 0 Å². The first-order chi connectivity index (χ1) is 8.76. The van der Waals surface area contributed by atoms with Crippen molar-refractivity contribution in [3.8, 4) is 11.5 Å². The van der Waals surface area contributed by atoms with Crippen molar-refractivity contribution < 1.29 is 4.42 Å². The molecular weight excluding hydrogens is 269 g/mol. The Bertz CT molecular complexity index is 689. The molecule has 0 saturated heterocycles. The molecule has 2 aromatic carbocycles. The number of alkyl halides is 1. The largest absolute Gasteiger partial charge is 0.436 e. The van der Waals surface area contributed by atoms with E-state index in [2.05, 4.69) is 4.98 Å². The number of hydrogen-bond acceptors (Lipinski definition) is 2. The van der Waals surface area contributed by atoms with Crippen molar-refractivity contribution in [3.63, 3.8) is 0 Å². The fourth-order valence-electron chi connectivity index (χ4n) is 1.76. The minimum Gasteiger partial charge on any atom is -0.436 e. The van der Waals surface area contributed by atoms with Gasteiger partial charge in [-0.05, 0) is 35.9 Å². The lowest BCUT2D eigenvalue weighted by atomic mass is 10.1. The number of nitrogens with zero attached hydrogens (tertiary/aromatic N) is 1. The summed E-state index contributed by atoms with van der Waals surface area (Å²) in [4.78, 5) is 4.42. The van der Waals surface area contributed by atoms with Crippen LogP contribution in [-0.4, -0.2) is 4.98 Å². The molecule has 0 aliphatic carbocycles. The number of halogens is 2. The standard InChI is InChI=1S/C14H9Cl2NO/c15-8-9-1-3-10(4-2-9)14-17-12-7-11(16)5-6-13(12)18-14/h1-7H,8H2. The highest BCUT2D eigenvalue weighted by atomic mass is 35.5. The molecule has 0 saturated carbocycles. The van der Waals surface area contributed by atoms with Gasteiger partial charge in [-0.1, -0.05) is 23.7 Å². The smallest absolute Gasteiger partial charge is 0.227 e. The first kappa shape index (κ1) is 11.6. The third-order valence-corrected chi connectivity index (χ3v) is 3.25. The zero-order chi connectivity index (χ0) is 12.5. The van der Waals surface area contributed by atoms with Gasteiger partial charge >= 0.3 is 0 Å². The van der Waals surface area contributed by atoms with E-state index in [0.29, 0.717) is 16.8 Å². The molecule has 0 radical (unpaired) electrons. The van der Waals surface area contributed by atoms with Crippen LogP contribution < -0.4 is 0 Å². The van der Waals surface area contributed by atoms with Gasteiger partial charge in [0.25, 0.3) is 0 Å². The molecule has 18 heavy (non-hydrogen) atoms. The Labute approximate surface area is 114 Å². The van der Waals surface area contributed by atoms with Crippen molar-refractivity contribution in [2.45, 2.75) is 5.88 Å². The summed E-state index contributed by atoms with van der Waals surface area (Å²) in [5, 5.41) is 0.653. The van der Waals surface area contributed by atoms with Gasteiger partial charge < -0.3 is 4.42 Å². The number of fused-ring (bicyclic) bond motifs is 1. The summed E-state index contributed by atoms with van der Waals surface area (Å²) < 4.78 is 5.68. The molecule has 0 amide bonds. The third-order valence-electron chi connectivity index (χ3n) is 2.70. The Hall–Kier alpha value is -1.51. The Morgan fingerprint density at radius 3 is 2.56 bits per heavy atom. The summed E-state index contributed by atoms with van der Waals surface area (Å²) in [6, 6.07) is 13.2. The first-order valence-electron chi connectivity index (χ1n) is 5.47. The molecule has 90 valence electrons. The Morgan fingerprint density at radius 2 is 1.83 bits per heavy atom. The summed E-state index contributed by atoms with van der Waals surface area (Å²) in [5.41, 5.74) is 3.49. The van der Waals surface area contributed by atoms with Gasteiger partial charge in [0.2, 0.25) is 5.89 Å². The quantitative estimate of drug-likeness (QED) is 0.624. The van der Waals surface area contributed by atoms with Crippen LogP contribution in [0.15, 0.2) is 46.9 Å². The zero-order valence-electron chi connectivity index (χ0n) is 9.36. The van der Waals surface area contributed by atoms with Gasteiger partial charge in [0.15, 0.2) is 5.58 Å². The van der Waals surface area contributed by atoms with Crippen LogP contribution in [0.4, 0.5) is 0 Å². The summed E-state index contributed by atoms with van der Waals surface area (Å²) in [5.74, 6) is 1.09. The number of oxazole rings is 1. The average Bonchev–Trinajstić information content (AvgIpc) is 2.81. The number of aromatic nitrogens is 1. The van der Waals surface area contributed by atoms with Crippen LogP contribution >= 0.6 is 23.2 Å². The molecule has 0 atom stereocenters. The first-order valence-corrected chi connectivity index (χ1v) is 6.39. The second-order valence-electron chi connectivity index (χ2n) is 3.96. The van der Waals surface area contributed by atoms with E-state index >= 15 is 0 Å². The Morgan fingerprint density at radius 1 is 1.06 bits per heavy atom. The fraction of sp³-hybridized carbons (Fsp3) is 0.0714. The molecule has 0 aliphatic rings. The molecule has 0 N–H and O–H groups in total. The lowest BCUT2D eigenvalue weighted by Crippen LogP contribution is -1.80. The van der Waals surface area contributed by atoms with E-state index < -0.39 is 0 Å². The van der Waals surface area contributed by atoms with Crippen LogP contribution in [-0.2, 0) is 5.88 Å². The molecule has 4 heteroatoms. The second kappa shape index (κ2) is 4.63. The summed E-state index contributed by atoms with van der Waals surface area (Å²) >= 11 is 11.7. The van der Waals surface area contributed by atoms with E-state index in [4.69, 9.17) is 27.6 Å². The maximum absolute atomic E-state index is 5.92. The van der Waals surface area contributed by atoms with Crippen molar-refractivity contribution in [3.05, 3.63) is 53.1 Å². The molecule has 3 rings (SSSR count). The van der Waals surface area contributed by atoms with Gasteiger partial charge in [-0.25, -0.2) is 4.98 Å². The van der Waals surface area contributed by atoms with Crippen LogP contribution in [0.1, 0.15) is 5.56 Å². The highest BCUT2D eigenvalue weighted by molar-refractivity contribution is 6.31. The highest BCUT2D eigenvalue weighted by Gasteiger charge is 2.08. The number of rotatable bonds is 2. The van der Waals surface area contributed by atoms with Gasteiger partial charge in [0.1, 0.15) is 5.52 Å². The van der Waals surface area contributed by atoms with Crippen LogP contribution in [0.25, 0.3) is 22.6 Å². The Balaban J connectivity index is 2.07. The maximum Gasteiger partial charge on any atom is 0.227 e. The molecule has 1 aromatic heterocycles. The van der Waals surface area contributed by atoms with Crippen LogP contribution in [0.2, 0.25) is 5.02 Å². The van der Waals surface area contributed by atoms with E-state index in [9.17, 15) is 0 Å². The monoisotopic (exact) mass is 277 g/mol. The molecule has 3 aromatic rings. The normalized spacial score (nSPS) is 11.0. The number of benzene rings is 2. The molecule has 2 nitrogen and oxygen atoms in total. The fourth-order valence-corrected chi connectivity index (χ4v) is 2.10. The Kier molecular flexibility index (Phi) is 2.98. The van der Waals surface area contributed by atoms with E-state index in [1.54, 1.807) is 12.1 Å². The van der Waals surface area contributed by atoms with Crippen LogP contribution in [0.3, 0.4) is 0 Å². The predicted octanol–water partition coefficient (Wildman–Crippen LogP) is 4.89. The zero-order valence-corrected chi connectivity index (χ0v) is 10.9. The van der Waals surface area contributed by atoms with Crippen molar-refractivity contribution >= 4 is 34.3 Å². The van der Waals surface area contributed by atoms with E-state index in [1.807, 2.05) is 30.3 Å². The van der Waals surface area contributed by atoms with Gasteiger partial charge in [0, 0.05) is 16.5 Å². The summed E-state index contributed by atoms with van der Waals surface area (Å²) in [6.45, 7) is 0. The molecule has 0 spiro atoms. The predicted molar refractivity (Wildman–Crippen MR) is 74.0 cm³/mol. The minimum atomic E-state index is 0.503. The molecule has 0 bridgehead atoms. The SMILES string of the molecule is ClCc1ccc(-c2nc3cc(Cl)ccc3o2)cc1. The van der Waals surface area contributed by atoms with Crippen molar-refractivity contribution in [2.24, 2.45) is 0 Å². The van der Waals surface area contributed by atoms with Gasteiger partial charge in [-0.2, -0.15) is 0 Å². The molecule has 0 aliphatic heterocycles. The van der Waals surface area contributed by atoms with E-state index in [1.165, 1.54) is 0 Å². The summed E-state index contributed by atoms with van der Waals surface area (Å²) in [7, 11) is 0. The van der Waals surface area contributed by atoms with Crippen molar-refractivity contribution in [1.82, 2.24) is 4.98 Å².